The lowest BCUT2D eigenvalue weighted by molar-refractivity contribution is -0.919. The van der Waals surface area contributed by atoms with Gasteiger partial charge >= 0.3 is 5.97 Å². The summed E-state index contributed by atoms with van der Waals surface area (Å²) in [7, 11) is 3.36. The Morgan fingerprint density at radius 2 is 1.95 bits per heavy atom. The molecule has 2 rings (SSSR count). The molecule has 0 radical (unpaired) electrons. The molecule has 1 heterocycles. The van der Waals surface area contributed by atoms with Gasteiger partial charge in [-0.1, -0.05) is 0 Å². The SMILES string of the molecule is CCOC(=O)C1CC[NH+](Cc2cc(OC)ccc2OC)CC1. The van der Waals surface area contributed by atoms with Crippen LogP contribution in [-0.2, 0) is 16.1 Å². The van der Waals surface area contributed by atoms with Crippen LogP contribution in [0.1, 0.15) is 25.3 Å². The first-order valence-electron chi connectivity index (χ1n) is 7.89. The maximum absolute atomic E-state index is 11.8. The molecule has 0 spiro atoms. The Kier molecular flexibility index (Phi) is 6.07. The fraction of sp³-hybridized carbons (Fsp3) is 0.588. The van der Waals surface area contributed by atoms with E-state index in [4.69, 9.17) is 14.2 Å². The predicted molar refractivity (Wildman–Crippen MR) is 83.3 cm³/mol. The largest absolute Gasteiger partial charge is 0.497 e. The van der Waals surface area contributed by atoms with Gasteiger partial charge in [0.15, 0.2) is 0 Å². The van der Waals surface area contributed by atoms with Crippen molar-refractivity contribution < 1.29 is 23.9 Å². The molecular formula is C17H26NO4+. The fourth-order valence-electron chi connectivity index (χ4n) is 2.99. The lowest BCUT2D eigenvalue weighted by atomic mass is 9.96. The van der Waals surface area contributed by atoms with Gasteiger partial charge in [-0.25, -0.2) is 0 Å². The highest BCUT2D eigenvalue weighted by Crippen LogP contribution is 2.23. The van der Waals surface area contributed by atoms with Crippen LogP contribution in [0, 0.1) is 5.92 Å². The highest BCUT2D eigenvalue weighted by Gasteiger charge is 2.28. The summed E-state index contributed by atoms with van der Waals surface area (Å²) in [6.45, 7) is 5.16. The molecular weight excluding hydrogens is 282 g/mol. The molecule has 1 saturated heterocycles. The average Bonchev–Trinajstić information content (AvgIpc) is 2.55. The van der Waals surface area contributed by atoms with E-state index < -0.39 is 0 Å². The molecule has 1 aliphatic rings. The van der Waals surface area contributed by atoms with Gasteiger partial charge < -0.3 is 19.1 Å². The Morgan fingerprint density at radius 3 is 2.55 bits per heavy atom. The van der Waals surface area contributed by atoms with E-state index in [1.807, 2.05) is 25.1 Å². The maximum atomic E-state index is 11.8. The number of piperidine rings is 1. The monoisotopic (exact) mass is 308 g/mol. The third-order valence-electron chi connectivity index (χ3n) is 4.24. The highest BCUT2D eigenvalue weighted by atomic mass is 16.5. The Labute approximate surface area is 132 Å². The second kappa shape index (κ2) is 8.03. The summed E-state index contributed by atoms with van der Waals surface area (Å²) in [5.41, 5.74) is 1.14. The van der Waals surface area contributed by atoms with Crippen molar-refractivity contribution in [3.05, 3.63) is 23.8 Å². The Balaban J connectivity index is 1.94. The van der Waals surface area contributed by atoms with Crippen LogP contribution in [0.25, 0.3) is 0 Å². The topological polar surface area (TPSA) is 49.2 Å². The number of carbonyl (C=O) groups excluding carboxylic acids is 1. The number of methoxy groups -OCH3 is 2. The summed E-state index contributed by atoms with van der Waals surface area (Å²) < 4.78 is 15.8. The minimum Gasteiger partial charge on any atom is -0.497 e. The predicted octanol–water partition coefficient (Wildman–Crippen LogP) is 1.06. The molecule has 0 aliphatic carbocycles. The minimum absolute atomic E-state index is 0.0412. The molecule has 0 saturated carbocycles. The van der Waals surface area contributed by atoms with E-state index in [9.17, 15) is 4.79 Å². The number of hydrogen-bond donors (Lipinski definition) is 1. The third-order valence-corrected chi connectivity index (χ3v) is 4.24. The smallest absolute Gasteiger partial charge is 0.309 e. The summed E-state index contributed by atoms with van der Waals surface area (Å²) in [6.07, 6.45) is 1.78. The lowest BCUT2D eigenvalue weighted by Gasteiger charge is -2.28. The van der Waals surface area contributed by atoms with Gasteiger partial charge in [0.25, 0.3) is 0 Å². The number of esters is 1. The molecule has 0 bridgehead atoms. The molecule has 1 aliphatic heterocycles. The molecule has 22 heavy (non-hydrogen) atoms. The lowest BCUT2D eigenvalue weighted by Crippen LogP contribution is -3.11. The molecule has 122 valence electrons. The van der Waals surface area contributed by atoms with Crippen molar-refractivity contribution >= 4 is 5.97 Å². The van der Waals surface area contributed by atoms with E-state index in [0.29, 0.717) is 6.61 Å². The van der Waals surface area contributed by atoms with Gasteiger partial charge in [0.2, 0.25) is 0 Å². The van der Waals surface area contributed by atoms with Crippen molar-refractivity contribution in [2.45, 2.75) is 26.3 Å². The summed E-state index contributed by atoms with van der Waals surface area (Å²) in [4.78, 5) is 13.2. The van der Waals surface area contributed by atoms with Gasteiger partial charge in [-0.3, -0.25) is 4.79 Å². The zero-order chi connectivity index (χ0) is 15.9. The standard InChI is InChI=1S/C17H25NO4/c1-4-22-17(19)13-7-9-18(10-8-13)12-14-11-15(20-2)5-6-16(14)21-3/h5-6,11,13H,4,7-10,12H2,1-3H3/p+1. The Hall–Kier alpha value is -1.75. The summed E-state index contributed by atoms with van der Waals surface area (Å²) in [5, 5.41) is 0. The molecule has 1 aromatic rings. The summed E-state index contributed by atoms with van der Waals surface area (Å²) in [6, 6.07) is 5.88. The molecule has 1 aromatic carbocycles. The van der Waals surface area contributed by atoms with Crippen LogP contribution < -0.4 is 14.4 Å². The average molecular weight is 308 g/mol. The van der Waals surface area contributed by atoms with Gasteiger partial charge in [-0.15, -0.1) is 0 Å². The zero-order valence-electron chi connectivity index (χ0n) is 13.7. The van der Waals surface area contributed by atoms with E-state index in [1.54, 1.807) is 14.2 Å². The van der Waals surface area contributed by atoms with E-state index in [2.05, 4.69) is 0 Å². The molecule has 1 fully saturated rings. The first-order valence-corrected chi connectivity index (χ1v) is 7.89. The first kappa shape index (κ1) is 16.6. The normalized spacial score (nSPS) is 21.2. The fourth-order valence-corrected chi connectivity index (χ4v) is 2.99. The quantitative estimate of drug-likeness (QED) is 0.799. The van der Waals surface area contributed by atoms with Crippen LogP contribution in [0.2, 0.25) is 0 Å². The number of ether oxygens (including phenoxy) is 3. The molecule has 1 N–H and O–H groups in total. The van der Waals surface area contributed by atoms with Crippen LogP contribution in [0.3, 0.4) is 0 Å². The van der Waals surface area contributed by atoms with Crippen molar-refractivity contribution in [1.29, 1.82) is 0 Å². The van der Waals surface area contributed by atoms with Gasteiger partial charge in [0.05, 0.1) is 45.4 Å². The van der Waals surface area contributed by atoms with E-state index in [0.717, 1.165) is 49.5 Å². The van der Waals surface area contributed by atoms with Gasteiger partial charge in [-0.2, -0.15) is 0 Å². The van der Waals surface area contributed by atoms with Crippen molar-refractivity contribution in [1.82, 2.24) is 0 Å². The maximum Gasteiger partial charge on any atom is 0.309 e. The van der Waals surface area contributed by atoms with Crippen molar-refractivity contribution in [2.24, 2.45) is 5.92 Å². The molecule has 0 amide bonds. The molecule has 5 heteroatoms. The molecule has 0 unspecified atom stereocenters. The number of rotatable bonds is 6. The van der Waals surface area contributed by atoms with Crippen LogP contribution >= 0.6 is 0 Å². The highest BCUT2D eigenvalue weighted by molar-refractivity contribution is 5.72. The molecule has 5 nitrogen and oxygen atoms in total. The van der Waals surface area contributed by atoms with Gasteiger partial charge in [-0.05, 0) is 25.1 Å². The van der Waals surface area contributed by atoms with E-state index in [1.165, 1.54) is 4.90 Å². The third kappa shape index (κ3) is 4.13. The summed E-state index contributed by atoms with van der Waals surface area (Å²) >= 11 is 0. The minimum atomic E-state index is -0.0412. The number of nitrogens with one attached hydrogen (secondary N) is 1. The Bertz CT molecular complexity index is 495. The zero-order valence-corrected chi connectivity index (χ0v) is 13.7. The number of carbonyl (C=O) groups is 1. The van der Waals surface area contributed by atoms with Gasteiger partial charge in [0, 0.05) is 12.8 Å². The number of hydrogen-bond acceptors (Lipinski definition) is 4. The second-order valence-electron chi connectivity index (χ2n) is 5.63. The van der Waals surface area contributed by atoms with Gasteiger partial charge in [0.1, 0.15) is 18.0 Å². The Morgan fingerprint density at radius 1 is 1.23 bits per heavy atom. The van der Waals surface area contributed by atoms with Crippen molar-refractivity contribution in [3.63, 3.8) is 0 Å². The van der Waals surface area contributed by atoms with Crippen LogP contribution in [-0.4, -0.2) is 39.9 Å². The molecule has 0 aromatic heterocycles. The number of benzene rings is 1. The van der Waals surface area contributed by atoms with Crippen LogP contribution in [0.4, 0.5) is 0 Å². The van der Waals surface area contributed by atoms with Crippen LogP contribution in [0.5, 0.6) is 11.5 Å². The molecule has 0 atom stereocenters. The summed E-state index contributed by atoms with van der Waals surface area (Å²) in [5.74, 6) is 1.76. The number of quaternary nitrogens is 1. The van der Waals surface area contributed by atoms with E-state index >= 15 is 0 Å². The van der Waals surface area contributed by atoms with Crippen molar-refractivity contribution in [3.8, 4) is 11.5 Å². The van der Waals surface area contributed by atoms with Crippen LogP contribution in [0.15, 0.2) is 18.2 Å². The first-order chi connectivity index (χ1) is 10.7. The van der Waals surface area contributed by atoms with E-state index in [-0.39, 0.29) is 11.9 Å². The van der Waals surface area contributed by atoms with Crippen molar-refractivity contribution in [2.75, 3.05) is 33.9 Å². The number of likely N-dealkylation sites (tertiary alicyclic amines) is 1. The second-order valence-corrected chi connectivity index (χ2v) is 5.63.